The maximum Gasteiger partial charge on any atom is 0.125 e. The summed E-state index contributed by atoms with van der Waals surface area (Å²) < 4.78 is 5.92. The van der Waals surface area contributed by atoms with Crippen LogP contribution in [0.5, 0.6) is 5.75 Å². The molecular formula is C22H44O. The third kappa shape index (κ3) is 15.7. The lowest BCUT2D eigenvalue weighted by Crippen LogP contribution is -2.02. The molecule has 0 saturated heterocycles. The highest BCUT2D eigenvalue weighted by molar-refractivity contribution is 5.40. The second-order valence-electron chi connectivity index (χ2n) is 5.08. The first-order valence-electron chi connectivity index (χ1n) is 9.92. The summed E-state index contributed by atoms with van der Waals surface area (Å²) in [5, 5.41) is 0. The van der Waals surface area contributed by atoms with E-state index in [4.69, 9.17) is 4.74 Å². The van der Waals surface area contributed by atoms with Crippen LogP contribution in [-0.2, 0) is 6.42 Å². The number of rotatable bonds is 7. The van der Waals surface area contributed by atoms with Crippen LogP contribution in [0.2, 0.25) is 0 Å². The van der Waals surface area contributed by atoms with Crippen molar-refractivity contribution >= 4 is 0 Å². The number of hydrogen-bond donors (Lipinski definition) is 0. The molecule has 0 aliphatic carbocycles. The van der Waals surface area contributed by atoms with Crippen LogP contribution in [0.25, 0.3) is 0 Å². The fourth-order valence-corrected chi connectivity index (χ4v) is 1.91. The molecule has 0 bridgehead atoms. The van der Waals surface area contributed by atoms with Crippen molar-refractivity contribution in [1.29, 1.82) is 0 Å². The predicted molar refractivity (Wildman–Crippen MR) is 109 cm³/mol. The molecule has 23 heavy (non-hydrogen) atoms. The van der Waals surface area contributed by atoms with E-state index in [0.717, 1.165) is 25.2 Å². The van der Waals surface area contributed by atoms with E-state index in [9.17, 15) is 0 Å². The molecule has 0 N–H and O–H groups in total. The number of benzene rings is 1. The summed E-state index contributed by atoms with van der Waals surface area (Å²) in [4.78, 5) is 0. The molecule has 0 amide bonds. The van der Waals surface area contributed by atoms with Crippen molar-refractivity contribution in [3.8, 4) is 5.75 Å². The summed E-state index contributed by atoms with van der Waals surface area (Å²) in [7, 11) is 0. The van der Waals surface area contributed by atoms with Crippen molar-refractivity contribution < 1.29 is 4.74 Å². The van der Waals surface area contributed by atoms with Gasteiger partial charge >= 0.3 is 0 Å². The van der Waals surface area contributed by atoms with Crippen LogP contribution in [0.4, 0.5) is 0 Å². The zero-order valence-electron chi connectivity index (χ0n) is 17.6. The first kappa shape index (κ1) is 26.9. The molecular weight excluding hydrogens is 280 g/mol. The minimum absolute atomic E-state index is 0.857. The Balaban J connectivity index is -0.000000496. The van der Waals surface area contributed by atoms with Crippen LogP contribution in [0.15, 0.2) is 18.2 Å². The number of aryl methyl sites for hydroxylation is 2. The molecule has 0 aliphatic heterocycles. The summed E-state index contributed by atoms with van der Waals surface area (Å²) in [6, 6.07) is 6.44. The molecule has 0 heterocycles. The van der Waals surface area contributed by atoms with Crippen LogP contribution in [0.1, 0.15) is 98.6 Å². The Bertz CT molecular complexity index is 318. The van der Waals surface area contributed by atoms with Crippen LogP contribution in [-0.4, -0.2) is 6.61 Å². The summed E-state index contributed by atoms with van der Waals surface area (Å²) >= 11 is 0. The molecule has 1 aromatic carbocycles. The Morgan fingerprint density at radius 2 is 1.39 bits per heavy atom. The van der Waals surface area contributed by atoms with Crippen LogP contribution < -0.4 is 4.74 Å². The van der Waals surface area contributed by atoms with Gasteiger partial charge in [-0.3, -0.25) is 0 Å². The second-order valence-corrected chi connectivity index (χ2v) is 5.08. The standard InChI is InChI=1S/C15H24O.C3H8.2C2H6/c1-4-6-7-12-16-15-13(3)10-8-11-14(15)9-5-2;1-3-2;2*1-2/h8,10-11H,4-7,9,12H2,1-3H3;3H2,1-2H3;2*1-2H3. The SMILES string of the molecule is CC.CC.CCC.CCCCCOc1c(C)cccc1CCC. The largest absolute Gasteiger partial charge is 0.493 e. The van der Waals surface area contributed by atoms with Gasteiger partial charge in [-0.2, -0.15) is 0 Å². The van der Waals surface area contributed by atoms with Gasteiger partial charge in [-0.15, -0.1) is 0 Å². The average Bonchev–Trinajstić information content (AvgIpc) is 2.58. The molecule has 1 rings (SSSR count). The first-order chi connectivity index (χ1) is 11.2. The third-order valence-corrected chi connectivity index (χ3v) is 2.81. The Labute approximate surface area is 147 Å². The fraction of sp³-hybridized carbons (Fsp3) is 0.727. The Hall–Kier alpha value is -0.980. The van der Waals surface area contributed by atoms with E-state index in [1.165, 1.54) is 36.8 Å². The Morgan fingerprint density at radius 1 is 0.826 bits per heavy atom. The molecule has 0 aliphatic rings. The molecule has 0 spiro atoms. The van der Waals surface area contributed by atoms with Crippen molar-refractivity contribution in [3.05, 3.63) is 29.3 Å². The average molecular weight is 325 g/mol. The summed E-state index contributed by atoms with van der Waals surface area (Å²) in [6.07, 6.45) is 7.21. The van der Waals surface area contributed by atoms with Gasteiger partial charge in [-0.05, 0) is 30.9 Å². The maximum atomic E-state index is 5.92. The number of para-hydroxylation sites is 1. The molecule has 0 aromatic heterocycles. The molecule has 1 heteroatoms. The van der Waals surface area contributed by atoms with Gasteiger partial charge in [0.15, 0.2) is 0 Å². The number of hydrogen-bond acceptors (Lipinski definition) is 1. The number of unbranched alkanes of at least 4 members (excludes halogenated alkanes) is 2. The summed E-state index contributed by atoms with van der Waals surface area (Å²) in [6.45, 7) is 19.7. The molecule has 138 valence electrons. The summed E-state index contributed by atoms with van der Waals surface area (Å²) in [5.74, 6) is 1.13. The molecule has 0 unspecified atom stereocenters. The lowest BCUT2D eigenvalue weighted by molar-refractivity contribution is 0.301. The van der Waals surface area contributed by atoms with E-state index >= 15 is 0 Å². The van der Waals surface area contributed by atoms with Crippen molar-refractivity contribution in [2.45, 2.75) is 101 Å². The topological polar surface area (TPSA) is 9.23 Å². The highest BCUT2D eigenvalue weighted by Crippen LogP contribution is 2.24. The Morgan fingerprint density at radius 3 is 1.87 bits per heavy atom. The first-order valence-corrected chi connectivity index (χ1v) is 9.92. The van der Waals surface area contributed by atoms with Gasteiger partial charge < -0.3 is 4.74 Å². The monoisotopic (exact) mass is 324 g/mol. The van der Waals surface area contributed by atoms with Crippen molar-refractivity contribution in [2.24, 2.45) is 0 Å². The van der Waals surface area contributed by atoms with E-state index < -0.39 is 0 Å². The maximum absolute atomic E-state index is 5.92. The van der Waals surface area contributed by atoms with Gasteiger partial charge in [0, 0.05) is 0 Å². The van der Waals surface area contributed by atoms with E-state index in [-0.39, 0.29) is 0 Å². The minimum atomic E-state index is 0.857. The lowest BCUT2D eigenvalue weighted by Gasteiger charge is -2.13. The Kier molecular flexibility index (Phi) is 27.2. The van der Waals surface area contributed by atoms with Gasteiger partial charge in [-0.25, -0.2) is 0 Å². The zero-order chi connectivity index (χ0) is 18.5. The van der Waals surface area contributed by atoms with E-state index in [2.05, 4.69) is 52.8 Å². The highest BCUT2D eigenvalue weighted by atomic mass is 16.5. The summed E-state index contributed by atoms with van der Waals surface area (Å²) in [5.41, 5.74) is 2.63. The van der Waals surface area contributed by atoms with Crippen molar-refractivity contribution in [3.63, 3.8) is 0 Å². The normalized spacial score (nSPS) is 8.57. The van der Waals surface area contributed by atoms with Gasteiger partial charge in [0.2, 0.25) is 0 Å². The van der Waals surface area contributed by atoms with Gasteiger partial charge in [-0.1, -0.05) is 99.3 Å². The molecule has 0 saturated carbocycles. The van der Waals surface area contributed by atoms with Gasteiger partial charge in [0.25, 0.3) is 0 Å². The van der Waals surface area contributed by atoms with Crippen LogP contribution >= 0.6 is 0 Å². The quantitative estimate of drug-likeness (QED) is 0.462. The smallest absolute Gasteiger partial charge is 0.125 e. The van der Waals surface area contributed by atoms with Crippen molar-refractivity contribution in [2.75, 3.05) is 6.61 Å². The minimum Gasteiger partial charge on any atom is -0.493 e. The zero-order valence-corrected chi connectivity index (χ0v) is 17.6. The molecule has 0 radical (unpaired) electrons. The molecule has 0 fully saturated rings. The number of ether oxygens (including phenoxy) is 1. The van der Waals surface area contributed by atoms with Gasteiger partial charge in [0.1, 0.15) is 5.75 Å². The van der Waals surface area contributed by atoms with E-state index in [1.807, 2.05) is 27.7 Å². The lowest BCUT2D eigenvalue weighted by atomic mass is 10.1. The highest BCUT2D eigenvalue weighted by Gasteiger charge is 2.05. The third-order valence-electron chi connectivity index (χ3n) is 2.81. The fourth-order valence-electron chi connectivity index (χ4n) is 1.91. The van der Waals surface area contributed by atoms with Crippen LogP contribution in [0.3, 0.4) is 0 Å². The molecule has 1 nitrogen and oxygen atoms in total. The van der Waals surface area contributed by atoms with Crippen molar-refractivity contribution in [1.82, 2.24) is 0 Å². The predicted octanol–water partition coefficient (Wildman–Crippen LogP) is 7.99. The van der Waals surface area contributed by atoms with Gasteiger partial charge in [0.05, 0.1) is 6.61 Å². The van der Waals surface area contributed by atoms with E-state index in [0.29, 0.717) is 0 Å². The molecule has 1 aromatic rings. The van der Waals surface area contributed by atoms with Crippen LogP contribution in [0, 0.1) is 6.92 Å². The van der Waals surface area contributed by atoms with E-state index in [1.54, 1.807) is 0 Å². The second kappa shape index (κ2) is 23.3. The molecule has 0 atom stereocenters.